The highest BCUT2D eigenvalue weighted by molar-refractivity contribution is 5.74. The molecule has 2 aromatic heterocycles. The topological polar surface area (TPSA) is 77.0 Å². The molecule has 74 valence electrons. The van der Waals surface area contributed by atoms with E-state index in [9.17, 15) is 5.11 Å². The van der Waals surface area contributed by atoms with Gasteiger partial charge in [0.15, 0.2) is 5.65 Å². The number of nitrogens with two attached hydrogens (primary N) is 1. The van der Waals surface area contributed by atoms with Gasteiger partial charge in [0.05, 0.1) is 29.8 Å². The minimum atomic E-state index is -0.408. The first-order chi connectivity index (χ1) is 6.66. The van der Waals surface area contributed by atoms with Crippen molar-refractivity contribution in [2.75, 3.05) is 5.73 Å². The van der Waals surface area contributed by atoms with Crippen molar-refractivity contribution in [1.29, 1.82) is 0 Å². The summed E-state index contributed by atoms with van der Waals surface area (Å²) in [5.74, 6) is 0. The molecule has 0 radical (unpaired) electrons. The first-order valence-corrected chi connectivity index (χ1v) is 4.41. The lowest BCUT2D eigenvalue weighted by molar-refractivity contribution is 0.175. The lowest BCUT2D eigenvalue weighted by atomic mass is 10.3. The van der Waals surface area contributed by atoms with E-state index >= 15 is 0 Å². The Labute approximate surface area is 81.2 Å². The van der Waals surface area contributed by atoms with Gasteiger partial charge in [-0.3, -0.25) is 0 Å². The minimum Gasteiger partial charge on any atom is -0.397 e. The van der Waals surface area contributed by atoms with E-state index in [2.05, 4.69) is 9.97 Å². The summed E-state index contributed by atoms with van der Waals surface area (Å²) in [4.78, 5) is 8.17. The molecule has 0 saturated carbocycles. The Bertz CT molecular complexity index is 449. The Kier molecular flexibility index (Phi) is 2.09. The fourth-order valence-corrected chi connectivity index (χ4v) is 1.39. The predicted octanol–water partition coefficient (Wildman–Crippen LogP) is 0.394. The lowest BCUT2D eigenvalue weighted by Crippen LogP contribution is -2.10. The van der Waals surface area contributed by atoms with Gasteiger partial charge in [-0.2, -0.15) is 0 Å². The van der Waals surface area contributed by atoms with Crippen molar-refractivity contribution in [3.63, 3.8) is 0 Å². The van der Waals surface area contributed by atoms with Gasteiger partial charge in [0, 0.05) is 6.54 Å². The number of imidazole rings is 1. The van der Waals surface area contributed by atoms with Gasteiger partial charge in [-0.25, -0.2) is 9.97 Å². The van der Waals surface area contributed by atoms with Gasteiger partial charge in [0.1, 0.15) is 0 Å². The van der Waals surface area contributed by atoms with Crippen LogP contribution in [0.2, 0.25) is 0 Å². The second-order valence-corrected chi connectivity index (χ2v) is 3.36. The number of pyridine rings is 1. The van der Waals surface area contributed by atoms with Gasteiger partial charge in [-0.1, -0.05) is 0 Å². The Balaban J connectivity index is 2.50. The highest BCUT2D eigenvalue weighted by Gasteiger charge is 2.05. The summed E-state index contributed by atoms with van der Waals surface area (Å²) < 4.78 is 1.84. The van der Waals surface area contributed by atoms with Gasteiger partial charge in [-0.05, 0) is 13.0 Å². The number of hydrogen-bond acceptors (Lipinski definition) is 4. The molecule has 0 aliphatic rings. The lowest BCUT2D eigenvalue weighted by Gasteiger charge is -2.06. The van der Waals surface area contributed by atoms with Crippen LogP contribution in [-0.2, 0) is 6.54 Å². The molecule has 2 rings (SSSR count). The molecule has 0 fully saturated rings. The average molecular weight is 192 g/mol. The zero-order valence-electron chi connectivity index (χ0n) is 7.88. The number of nitrogen functional groups attached to an aromatic ring is 1. The van der Waals surface area contributed by atoms with Gasteiger partial charge in [0.25, 0.3) is 0 Å². The van der Waals surface area contributed by atoms with Gasteiger partial charge < -0.3 is 15.4 Å². The molecule has 0 aliphatic heterocycles. The van der Waals surface area contributed by atoms with Crippen LogP contribution in [0.1, 0.15) is 6.92 Å². The number of aliphatic hydroxyl groups is 1. The summed E-state index contributed by atoms with van der Waals surface area (Å²) in [5.41, 5.74) is 7.72. The molecule has 1 atom stereocenters. The highest BCUT2D eigenvalue weighted by Crippen LogP contribution is 2.13. The molecule has 0 aromatic carbocycles. The van der Waals surface area contributed by atoms with Gasteiger partial charge >= 0.3 is 0 Å². The maximum atomic E-state index is 9.25. The third kappa shape index (κ3) is 1.54. The van der Waals surface area contributed by atoms with Crippen LogP contribution in [0.25, 0.3) is 11.2 Å². The van der Waals surface area contributed by atoms with Crippen LogP contribution in [0.4, 0.5) is 5.69 Å². The van der Waals surface area contributed by atoms with Crippen LogP contribution in [-0.4, -0.2) is 25.7 Å². The number of aliphatic hydroxyl groups excluding tert-OH is 1. The SMILES string of the molecule is CC(O)Cn1cnc2ncc(N)cc21. The van der Waals surface area contributed by atoms with E-state index in [4.69, 9.17) is 5.73 Å². The number of aromatic nitrogens is 3. The van der Waals surface area contributed by atoms with E-state index in [1.54, 1.807) is 25.5 Å². The molecule has 5 nitrogen and oxygen atoms in total. The van der Waals surface area contributed by atoms with Crippen molar-refractivity contribution in [3.8, 4) is 0 Å². The summed E-state index contributed by atoms with van der Waals surface area (Å²) in [7, 11) is 0. The Morgan fingerprint density at radius 2 is 2.36 bits per heavy atom. The van der Waals surface area contributed by atoms with E-state index in [-0.39, 0.29) is 0 Å². The standard InChI is InChI=1S/C9H12N4O/c1-6(14)4-13-5-12-9-8(13)2-7(10)3-11-9/h2-3,5-6,14H,4,10H2,1H3. The van der Waals surface area contributed by atoms with Crippen LogP contribution in [0, 0.1) is 0 Å². The quantitative estimate of drug-likeness (QED) is 0.721. The number of fused-ring (bicyclic) bond motifs is 1. The molecule has 5 heteroatoms. The van der Waals surface area contributed by atoms with E-state index in [1.807, 2.05) is 4.57 Å². The first kappa shape index (κ1) is 8.96. The van der Waals surface area contributed by atoms with Crippen molar-refractivity contribution in [1.82, 2.24) is 14.5 Å². The normalized spacial score (nSPS) is 13.3. The smallest absolute Gasteiger partial charge is 0.177 e. The van der Waals surface area contributed by atoms with Crippen molar-refractivity contribution in [2.24, 2.45) is 0 Å². The molecular weight excluding hydrogens is 180 g/mol. The second-order valence-electron chi connectivity index (χ2n) is 3.36. The fourth-order valence-electron chi connectivity index (χ4n) is 1.39. The molecular formula is C9H12N4O. The molecule has 0 amide bonds. The summed E-state index contributed by atoms with van der Waals surface area (Å²) in [6.45, 7) is 2.23. The van der Waals surface area contributed by atoms with Crippen LogP contribution in [0.5, 0.6) is 0 Å². The summed E-state index contributed by atoms with van der Waals surface area (Å²) in [6.07, 6.45) is 2.82. The molecule has 0 spiro atoms. The summed E-state index contributed by atoms with van der Waals surface area (Å²) >= 11 is 0. The highest BCUT2D eigenvalue weighted by atomic mass is 16.3. The molecule has 2 heterocycles. The van der Waals surface area contributed by atoms with E-state index in [0.717, 1.165) is 5.52 Å². The number of hydrogen-bond donors (Lipinski definition) is 2. The number of rotatable bonds is 2. The summed E-state index contributed by atoms with van der Waals surface area (Å²) in [6, 6.07) is 1.80. The third-order valence-corrected chi connectivity index (χ3v) is 1.96. The van der Waals surface area contributed by atoms with Gasteiger partial charge in [0.2, 0.25) is 0 Å². The van der Waals surface area contributed by atoms with Crippen molar-refractivity contribution in [2.45, 2.75) is 19.6 Å². The van der Waals surface area contributed by atoms with E-state index in [1.165, 1.54) is 0 Å². The van der Waals surface area contributed by atoms with Crippen molar-refractivity contribution < 1.29 is 5.11 Å². The maximum absolute atomic E-state index is 9.25. The molecule has 14 heavy (non-hydrogen) atoms. The first-order valence-electron chi connectivity index (χ1n) is 4.41. The molecule has 3 N–H and O–H groups in total. The van der Waals surface area contributed by atoms with Crippen molar-refractivity contribution >= 4 is 16.9 Å². The van der Waals surface area contributed by atoms with Crippen LogP contribution in [0.15, 0.2) is 18.6 Å². The molecule has 0 bridgehead atoms. The second kappa shape index (κ2) is 3.26. The fraction of sp³-hybridized carbons (Fsp3) is 0.333. The zero-order chi connectivity index (χ0) is 10.1. The van der Waals surface area contributed by atoms with E-state index < -0.39 is 6.10 Å². The predicted molar refractivity (Wildman–Crippen MR) is 53.6 cm³/mol. The molecule has 0 aliphatic carbocycles. The monoisotopic (exact) mass is 192 g/mol. The minimum absolute atomic E-state index is 0.408. The number of nitrogens with zero attached hydrogens (tertiary/aromatic N) is 3. The average Bonchev–Trinajstić information content (AvgIpc) is 2.47. The van der Waals surface area contributed by atoms with E-state index in [0.29, 0.717) is 17.9 Å². The van der Waals surface area contributed by atoms with Gasteiger partial charge in [-0.15, -0.1) is 0 Å². The third-order valence-electron chi connectivity index (χ3n) is 1.96. The van der Waals surface area contributed by atoms with Crippen LogP contribution in [0.3, 0.4) is 0 Å². The Morgan fingerprint density at radius 3 is 3.07 bits per heavy atom. The largest absolute Gasteiger partial charge is 0.397 e. The van der Waals surface area contributed by atoms with Crippen LogP contribution < -0.4 is 5.73 Å². The van der Waals surface area contributed by atoms with Crippen LogP contribution >= 0.6 is 0 Å². The van der Waals surface area contributed by atoms with Crippen molar-refractivity contribution in [3.05, 3.63) is 18.6 Å². The summed E-state index contributed by atoms with van der Waals surface area (Å²) in [5, 5.41) is 9.25. The maximum Gasteiger partial charge on any atom is 0.177 e. The molecule has 0 saturated heterocycles. The zero-order valence-corrected chi connectivity index (χ0v) is 7.88. The Hall–Kier alpha value is -1.62. The molecule has 2 aromatic rings. The number of anilines is 1. The Morgan fingerprint density at radius 1 is 1.57 bits per heavy atom. The molecule has 1 unspecified atom stereocenters.